The molecule has 1 amide bonds. The maximum atomic E-state index is 13.3. The Labute approximate surface area is 222 Å². The van der Waals surface area contributed by atoms with E-state index in [1.807, 2.05) is 0 Å². The molecule has 0 bridgehead atoms. The van der Waals surface area contributed by atoms with Crippen molar-refractivity contribution < 1.29 is 53.1 Å². The standard InChI is InChI=1S/C24H26F5NO7S2/c1-3-20(39(34,35)18-6-4-5-17(13-18)37-24(27,28)29)15-9-11-30(12-10-15)22(31)19-8-7-16(36-23(25)26)14-21(19)38(2,32)33/h4-8,13-15,20,23H,3,9-12H2,1-2H3. The van der Waals surface area contributed by atoms with E-state index in [-0.39, 0.29) is 42.8 Å². The van der Waals surface area contributed by atoms with Gasteiger partial charge in [0.05, 0.1) is 20.6 Å². The quantitative estimate of drug-likeness (QED) is 0.385. The van der Waals surface area contributed by atoms with Crippen LogP contribution in [0.4, 0.5) is 22.0 Å². The normalized spacial score (nSPS) is 16.3. The van der Waals surface area contributed by atoms with Crippen molar-refractivity contribution in [3.05, 3.63) is 48.0 Å². The topological polar surface area (TPSA) is 107 Å². The lowest BCUT2D eigenvalue weighted by Gasteiger charge is -2.36. The molecule has 15 heteroatoms. The minimum Gasteiger partial charge on any atom is -0.435 e. The van der Waals surface area contributed by atoms with E-state index < -0.39 is 66.1 Å². The number of carbonyl (C=O) groups excluding carboxylic acids is 1. The number of rotatable bonds is 9. The van der Waals surface area contributed by atoms with Crippen LogP contribution >= 0.6 is 0 Å². The number of amides is 1. The second kappa shape index (κ2) is 11.7. The highest BCUT2D eigenvalue weighted by atomic mass is 32.2. The highest BCUT2D eigenvalue weighted by Crippen LogP contribution is 2.34. The average molecular weight is 600 g/mol. The zero-order valence-electron chi connectivity index (χ0n) is 20.8. The number of hydrogen-bond acceptors (Lipinski definition) is 7. The molecule has 2 aromatic rings. The minimum atomic E-state index is -4.99. The molecule has 39 heavy (non-hydrogen) atoms. The summed E-state index contributed by atoms with van der Waals surface area (Å²) in [7, 11) is -8.07. The molecule has 1 atom stereocenters. The van der Waals surface area contributed by atoms with Crippen LogP contribution in [0.25, 0.3) is 0 Å². The first-order chi connectivity index (χ1) is 18.0. The van der Waals surface area contributed by atoms with Gasteiger partial charge >= 0.3 is 13.0 Å². The zero-order valence-corrected chi connectivity index (χ0v) is 22.5. The summed E-state index contributed by atoms with van der Waals surface area (Å²) < 4.78 is 122. The number of piperidine rings is 1. The van der Waals surface area contributed by atoms with Gasteiger partial charge in [-0.05, 0) is 61.6 Å². The SMILES string of the molecule is CCC(C1CCN(C(=O)c2ccc(OC(F)F)cc2S(C)(=O)=O)CC1)S(=O)(=O)c1cccc(OC(F)(F)F)c1. The van der Waals surface area contributed by atoms with E-state index in [2.05, 4.69) is 9.47 Å². The number of hydrogen-bond donors (Lipinski definition) is 0. The van der Waals surface area contributed by atoms with Gasteiger partial charge in [0, 0.05) is 19.3 Å². The number of carbonyl (C=O) groups is 1. The molecule has 1 unspecified atom stereocenters. The summed E-state index contributed by atoms with van der Waals surface area (Å²) in [4.78, 5) is 13.7. The van der Waals surface area contributed by atoms with Crippen molar-refractivity contribution in [2.75, 3.05) is 19.3 Å². The molecule has 8 nitrogen and oxygen atoms in total. The molecule has 1 aliphatic rings. The maximum Gasteiger partial charge on any atom is 0.573 e. The number of sulfone groups is 2. The average Bonchev–Trinajstić information content (AvgIpc) is 2.82. The van der Waals surface area contributed by atoms with Crippen LogP contribution in [-0.4, -0.2) is 65.2 Å². The molecule has 0 aliphatic carbocycles. The third-order valence-corrected chi connectivity index (χ3v) is 9.89. The van der Waals surface area contributed by atoms with Crippen molar-refractivity contribution in [3.63, 3.8) is 0 Å². The van der Waals surface area contributed by atoms with Gasteiger partial charge in [0.15, 0.2) is 19.7 Å². The highest BCUT2D eigenvalue weighted by Gasteiger charge is 2.38. The Bertz CT molecular complexity index is 1400. The molecular weight excluding hydrogens is 573 g/mol. The third kappa shape index (κ3) is 7.59. The largest absolute Gasteiger partial charge is 0.573 e. The molecule has 1 aliphatic heterocycles. The Balaban J connectivity index is 1.78. The number of halogens is 5. The number of benzene rings is 2. The van der Waals surface area contributed by atoms with Gasteiger partial charge in [0.25, 0.3) is 5.91 Å². The van der Waals surface area contributed by atoms with Crippen LogP contribution in [-0.2, 0) is 19.7 Å². The summed E-state index contributed by atoms with van der Waals surface area (Å²) in [5.74, 6) is -2.20. The van der Waals surface area contributed by atoms with E-state index >= 15 is 0 Å². The molecule has 0 N–H and O–H groups in total. The van der Waals surface area contributed by atoms with Gasteiger partial charge in [0.2, 0.25) is 0 Å². The van der Waals surface area contributed by atoms with Gasteiger partial charge in [0.1, 0.15) is 11.5 Å². The van der Waals surface area contributed by atoms with Gasteiger partial charge in [-0.15, -0.1) is 13.2 Å². The molecule has 3 rings (SSSR count). The molecule has 0 spiro atoms. The van der Waals surface area contributed by atoms with Crippen molar-refractivity contribution in [2.45, 2.75) is 54.2 Å². The smallest absolute Gasteiger partial charge is 0.435 e. The fourth-order valence-corrected chi connectivity index (χ4v) is 7.64. The van der Waals surface area contributed by atoms with Crippen LogP contribution in [0.2, 0.25) is 0 Å². The molecule has 0 aromatic heterocycles. The first kappa shape index (κ1) is 30.6. The molecule has 1 saturated heterocycles. The first-order valence-electron chi connectivity index (χ1n) is 11.7. The van der Waals surface area contributed by atoms with E-state index in [9.17, 15) is 43.6 Å². The Kier molecular flexibility index (Phi) is 9.15. The summed E-state index contributed by atoms with van der Waals surface area (Å²) in [6, 6.07) is 7.13. The van der Waals surface area contributed by atoms with Crippen LogP contribution in [0.15, 0.2) is 52.3 Å². The van der Waals surface area contributed by atoms with Gasteiger partial charge in [-0.2, -0.15) is 8.78 Å². The Morgan fingerprint density at radius 3 is 2.21 bits per heavy atom. The summed E-state index contributed by atoms with van der Waals surface area (Å²) >= 11 is 0. The lowest BCUT2D eigenvalue weighted by atomic mass is 9.91. The van der Waals surface area contributed by atoms with E-state index in [0.29, 0.717) is 0 Å². The van der Waals surface area contributed by atoms with Gasteiger partial charge < -0.3 is 14.4 Å². The highest BCUT2D eigenvalue weighted by molar-refractivity contribution is 7.92. The Hall–Kier alpha value is -2.94. The summed E-state index contributed by atoms with van der Waals surface area (Å²) in [5.41, 5.74) is -0.237. The zero-order chi connectivity index (χ0) is 29.2. The van der Waals surface area contributed by atoms with Crippen LogP contribution < -0.4 is 9.47 Å². The number of nitrogens with zero attached hydrogens (tertiary/aromatic N) is 1. The molecule has 0 saturated carbocycles. The molecule has 0 radical (unpaired) electrons. The molecule has 1 fully saturated rings. The fraction of sp³-hybridized carbons (Fsp3) is 0.458. The van der Waals surface area contributed by atoms with Crippen molar-refractivity contribution in [3.8, 4) is 11.5 Å². The predicted octanol–water partition coefficient (Wildman–Crippen LogP) is 4.69. The summed E-state index contributed by atoms with van der Waals surface area (Å²) in [6.45, 7) is -1.41. The van der Waals surface area contributed by atoms with Crippen molar-refractivity contribution >= 4 is 25.6 Å². The van der Waals surface area contributed by atoms with Crippen molar-refractivity contribution in [2.24, 2.45) is 5.92 Å². The van der Waals surface area contributed by atoms with Crippen molar-refractivity contribution in [1.82, 2.24) is 4.90 Å². The Morgan fingerprint density at radius 1 is 1.03 bits per heavy atom. The van der Waals surface area contributed by atoms with E-state index in [1.165, 1.54) is 11.0 Å². The van der Waals surface area contributed by atoms with Crippen LogP contribution in [0.1, 0.15) is 36.5 Å². The minimum absolute atomic E-state index is 0.0746. The number of ether oxygens (including phenoxy) is 2. The Morgan fingerprint density at radius 2 is 1.67 bits per heavy atom. The second-order valence-corrected chi connectivity index (χ2v) is 13.1. The van der Waals surface area contributed by atoms with Gasteiger partial charge in [-0.25, -0.2) is 16.8 Å². The third-order valence-electron chi connectivity index (χ3n) is 6.33. The maximum absolute atomic E-state index is 13.3. The second-order valence-electron chi connectivity index (χ2n) is 8.95. The van der Waals surface area contributed by atoms with E-state index in [4.69, 9.17) is 0 Å². The molecule has 1 heterocycles. The van der Waals surface area contributed by atoms with Gasteiger partial charge in [-0.3, -0.25) is 4.79 Å². The fourth-order valence-electron chi connectivity index (χ4n) is 4.64. The first-order valence-corrected chi connectivity index (χ1v) is 15.1. The van der Waals surface area contributed by atoms with Crippen LogP contribution in [0, 0.1) is 5.92 Å². The predicted molar refractivity (Wildman–Crippen MR) is 129 cm³/mol. The van der Waals surface area contributed by atoms with E-state index in [0.717, 1.165) is 42.7 Å². The summed E-state index contributed by atoms with van der Waals surface area (Å²) in [5, 5.41) is -0.951. The molecule has 2 aromatic carbocycles. The monoisotopic (exact) mass is 599 g/mol. The van der Waals surface area contributed by atoms with Crippen LogP contribution in [0.3, 0.4) is 0 Å². The molecule has 216 valence electrons. The summed E-state index contributed by atoms with van der Waals surface area (Å²) in [6.07, 6.45) is -3.55. The number of alkyl halides is 5. The lowest BCUT2D eigenvalue weighted by Crippen LogP contribution is -2.43. The van der Waals surface area contributed by atoms with E-state index in [1.54, 1.807) is 6.92 Å². The van der Waals surface area contributed by atoms with Crippen LogP contribution in [0.5, 0.6) is 11.5 Å². The van der Waals surface area contributed by atoms with Crippen molar-refractivity contribution in [1.29, 1.82) is 0 Å². The lowest BCUT2D eigenvalue weighted by molar-refractivity contribution is -0.274. The molecular formula is C24H26F5NO7S2. The van der Waals surface area contributed by atoms with Gasteiger partial charge in [-0.1, -0.05) is 13.0 Å². The number of likely N-dealkylation sites (tertiary alicyclic amines) is 1.